The highest BCUT2D eigenvalue weighted by atomic mass is 127. The van der Waals surface area contributed by atoms with Gasteiger partial charge < -0.3 is 25.0 Å². The van der Waals surface area contributed by atoms with Crippen LogP contribution in [0.25, 0.3) is 0 Å². The van der Waals surface area contributed by atoms with Crippen LogP contribution in [-0.2, 0) is 16.0 Å². The van der Waals surface area contributed by atoms with Crippen molar-refractivity contribution in [2.75, 3.05) is 47.4 Å². The van der Waals surface area contributed by atoms with E-state index in [2.05, 4.69) is 34.7 Å². The maximum atomic E-state index is 11.9. The average molecular weight is 532 g/mol. The number of hydrogen-bond acceptors (Lipinski definition) is 4. The van der Waals surface area contributed by atoms with Gasteiger partial charge in [-0.2, -0.15) is 0 Å². The summed E-state index contributed by atoms with van der Waals surface area (Å²) in [5, 5.41) is 6.73. The summed E-state index contributed by atoms with van der Waals surface area (Å²) < 4.78 is 11.0. The predicted molar refractivity (Wildman–Crippen MR) is 132 cm³/mol. The van der Waals surface area contributed by atoms with Crippen LogP contribution in [0, 0.1) is 5.92 Å². The molecule has 7 nitrogen and oxygen atoms in total. The van der Waals surface area contributed by atoms with E-state index in [1.54, 1.807) is 26.1 Å². The summed E-state index contributed by atoms with van der Waals surface area (Å²) >= 11 is 0. The van der Waals surface area contributed by atoms with Crippen LogP contribution < -0.4 is 15.4 Å². The third-order valence-electron chi connectivity index (χ3n) is 5.00. The molecule has 1 aromatic carbocycles. The first kappa shape index (κ1) is 26.5. The number of nitrogens with zero attached hydrogens (tertiary/aromatic N) is 2. The summed E-state index contributed by atoms with van der Waals surface area (Å²) in [5.74, 6) is 1.92. The van der Waals surface area contributed by atoms with E-state index in [4.69, 9.17) is 9.47 Å². The minimum Gasteiger partial charge on any atom is -0.497 e. The number of methoxy groups -OCH3 is 1. The summed E-state index contributed by atoms with van der Waals surface area (Å²) in [6.45, 7) is 4.61. The number of carbonyl (C=O) groups excluding carboxylic acids is 1. The van der Waals surface area contributed by atoms with E-state index in [0.717, 1.165) is 38.2 Å². The summed E-state index contributed by atoms with van der Waals surface area (Å²) in [6.07, 6.45) is 4.55. The molecule has 0 spiro atoms. The van der Waals surface area contributed by atoms with Gasteiger partial charge in [0, 0.05) is 33.8 Å². The summed E-state index contributed by atoms with van der Waals surface area (Å²) in [6, 6.07) is 8.17. The second kappa shape index (κ2) is 14.5. The van der Waals surface area contributed by atoms with E-state index in [1.807, 2.05) is 12.1 Å². The van der Waals surface area contributed by atoms with Gasteiger partial charge in [0.2, 0.25) is 5.91 Å². The zero-order chi connectivity index (χ0) is 21.1. The molecule has 30 heavy (non-hydrogen) atoms. The third kappa shape index (κ3) is 9.97. The lowest BCUT2D eigenvalue weighted by Crippen LogP contribution is -2.44. The number of rotatable bonds is 9. The number of aliphatic imine (C=N–C) groups is 1. The largest absolute Gasteiger partial charge is 0.497 e. The number of nitrogens with one attached hydrogen (secondary N) is 2. The van der Waals surface area contributed by atoms with E-state index in [1.165, 1.54) is 12.0 Å². The van der Waals surface area contributed by atoms with E-state index in [0.29, 0.717) is 18.4 Å². The first-order valence-corrected chi connectivity index (χ1v) is 10.4. The summed E-state index contributed by atoms with van der Waals surface area (Å²) in [4.78, 5) is 17.9. The van der Waals surface area contributed by atoms with Crippen molar-refractivity contribution in [3.8, 4) is 5.75 Å². The van der Waals surface area contributed by atoms with Gasteiger partial charge in [-0.3, -0.25) is 4.79 Å². The minimum atomic E-state index is -0.0219. The molecular formula is C22H37IN4O3. The number of halogens is 1. The lowest BCUT2D eigenvalue weighted by Gasteiger charge is -2.24. The Morgan fingerprint density at radius 3 is 2.60 bits per heavy atom. The lowest BCUT2D eigenvalue weighted by atomic mass is 10.0. The molecule has 0 aliphatic carbocycles. The Morgan fingerprint density at radius 1 is 1.27 bits per heavy atom. The molecule has 1 heterocycles. The molecular weight excluding hydrogens is 495 g/mol. The molecule has 1 aromatic rings. The van der Waals surface area contributed by atoms with Gasteiger partial charge in [-0.1, -0.05) is 19.1 Å². The Morgan fingerprint density at radius 2 is 2.00 bits per heavy atom. The zero-order valence-corrected chi connectivity index (χ0v) is 21.0. The van der Waals surface area contributed by atoms with Crippen LogP contribution in [0.1, 0.15) is 31.7 Å². The van der Waals surface area contributed by atoms with Crippen molar-refractivity contribution in [3.63, 3.8) is 0 Å². The molecule has 2 atom stereocenters. The predicted octanol–water partition coefficient (Wildman–Crippen LogP) is 2.68. The Bertz CT molecular complexity index is 646. The van der Waals surface area contributed by atoms with Crippen LogP contribution >= 0.6 is 24.0 Å². The number of amides is 1. The zero-order valence-electron chi connectivity index (χ0n) is 18.6. The number of guanidine groups is 1. The average Bonchev–Trinajstić information content (AvgIpc) is 2.74. The Kier molecular flexibility index (Phi) is 12.8. The topological polar surface area (TPSA) is 75.2 Å². The molecule has 1 aliphatic rings. The molecule has 2 rings (SSSR count). The number of benzene rings is 1. The number of likely N-dealkylation sites (N-methyl/N-ethyl adjacent to an activating group) is 1. The lowest BCUT2D eigenvalue weighted by molar-refractivity contribution is -0.127. The van der Waals surface area contributed by atoms with Gasteiger partial charge in [-0.25, -0.2) is 4.99 Å². The van der Waals surface area contributed by atoms with Crippen molar-refractivity contribution in [1.29, 1.82) is 0 Å². The quantitative estimate of drug-likeness (QED) is 0.291. The van der Waals surface area contributed by atoms with E-state index in [-0.39, 0.29) is 42.5 Å². The maximum Gasteiger partial charge on any atom is 0.243 e. The van der Waals surface area contributed by atoms with Gasteiger partial charge in [-0.05, 0) is 49.3 Å². The van der Waals surface area contributed by atoms with Crippen LogP contribution in [0.5, 0.6) is 5.75 Å². The number of hydrogen-bond donors (Lipinski definition) is 2. The molecule has 170 valence electrons. The Hall–Kier alpha value is -1.55. The fraction of sp³-hybridized carbons (Fsp3) is 0.636. The second-order valence-corrected chi connectivity index (χ2v) is 7.86. The van der Waals surface area contributed by atoms with Crippen molar-refractivity contribution in [3.05, 3.63) is 29.8 Å². The third-order valence-corrected chi connectivity index (χ3v) is 5.00. The fourth-order valence-electron chi connectivity index (χ4n) is 3.15. The van der Waals surface area contributed by atoms with E-state index < -0.39 is 0 Å². The van der Waals surface area contributed by atoms with Gasteiger partial charge >= 0.3 is 0 Å². The molecule has 8 heteroatoms. The molecule has 1 amide bonds. The van der Waals surface area contributed by atoms with Gasteiger partial charge in [0.05, 0.1) is 13.2 Å². The van der Waals surface area contributed by atoms with Crippen molar-refractivity contribution in [2.24, 2.45) is 10.9 Å². The Labute approximate surface area is 198 Å². The van der Waals surface area contributed by atoms with E-state index in [9.17, 15) is 4.79 Å². The molecule has 1 saturated heterocycles. The molecule has 2 N–H and O–H groups in total. The van der Waals surface area contributed by atoms with Crippen LogP contribution in [0.2, 0.25) is 0 Å². The smallest absolute Gasteiger partial charge is 0.243 e. The second-order valence-electron chi connectivity index (χ2n) is 7.86. The molecule has 0 aromatic heterocycles. The van der Waals surface area contributed by atoms with E-state index >= 15 is 0 Å². The SMILES string of the molecule is COc1ccc(CC(C)CNC(=NCC(=O)N(C)C)NCC2CCCCO2)cc1.I. The highest BCUT2D eigenvalue weighted by Crippen LogP contribution is 2.14. The fourth-order valence-corrected chi connectivity index (χ4v) is 3.15. The number of ether oxygens (including phenoxy) is 2. The molecule has 0 saturated carbocycles. The summed E-state index contributed by atoms with van der Waals surface area (Å²) in [5.41, 5.74) is 1.27. The van der Waals surface area contributed by atoms with Gasteiger partial charge in [0.1, 0.15) is 12.3 Å². The van der Waals surface area contributed by atoms with Crippen LogP contribution in [0.4, 0.5) is 0 Å². The first-order chi connectivity index (χ1) is 14.0. The molecule has 0 radical (unpaired) electrons. The maximum absolute atomic E-state index is 11.9. The van der Waals surface area contributed by atoms with Crippen molar-refractivity contribution < 1.29 is 14.3 Å². The van der Waals surface area contributed by atoms with Crippen molar-refractivity contribution in [1.82, 2.24) is 15.5 Å². The van der Waals surface area contributed by atoms with Gasteiger partial charge in [-0.15, -0.1) is 24.0 Å². The Balaban J connectivity index is 0.00000450. The first-order valence-electron chi connectivity index (χ1n) is 10.4. The summed E-state index contributed by atoms with van der Waals surface area (Å²) in [7, 11) is 5.16. The van der Waals surface area contributed by atoms with Crippen LogP contribution in [0.3, 0.4) is 0 Å². The van der Waals surface area contributed by atoms with Crippen molar-refractivity contribution in [2.45, 2.75) is 38.7 Å². The highest BCUT2D eigenvalue weighted by Gasteiger charge is 2.15. The van der Waals surface area contributed by atoms with Crippen LogP contribution in [-0.4, -0.2) is 70.3 Å². The normalized spacial score (nSPS) is 17.5. The van der Waals surface area contributed by atoms with Crippen molar-refractivity contribution >= 4 is 35.8 Å². The molecule has 0 bridgehead atoms. The highest BCUT2D eigenvalue weighted by molar-refractivity contribution is 14.0. The molecule has 2 unspecified atom stereocenters. The van der Waals surface area contributed by atoms with Gasteiger partial charge in [0.25, 0.3) is 0 Å². The monoisotopic (exact) mass is 532 g/mol. The molecule has 1 fully saturated rings. The minimum absolute atomic E-state index is 0. The molecule has 1 aliphatic heterocycles. The van der Waals surface area contributed by atoms with Gasteiger partial charge in [0.15, 0.2) is 5.96 Å². The number of carbonyl (C=O) groups is 1. The standard InChI is InChI=1S/C22H36N4O3.HI/c1-17(13-18-8-10-19(28-4)11-9-18)14-23-22(25-16-21(27)26(2)3)24-15-20-7-5-6-12-29-20;/h8-11,17,20H,5-7,12-16H2,1-4H3,(H2,23,24,25);1H. The van der Waals surface area contributed by atoms with Crippen LogP contribution in [0.15, 0.2) is 29.3 Å².